The molecule has 0 amide bonds. The molecule has 0 unspecified atom stereocenters. The van der Waals surface area contributed by atoms with Gasteiger partial charge in [0.1, 0.15) is 11.4 Å². The Morgan fingerprint density at radius 3 is 1.67 bits per heavy atom. The zero-order valence-electron chi connectivity index (χ0n) is 16.4. The van der Waals surface area contributed by atoms with E-state index in [4.69, 9.17) is 9.72 Å². The summed E-state index contributed by atoms with van der Waals surface area (Å²) in [4.78, 5) is 4.81. The molecule has 0 radical (unpaired) electrons. The first-order chi connectivity index (χ1) is 14.8. The summed E-state index contributed by atoms with van der Waals surface area (Å²) in [5, 5.41) is 3.87. The predicted octanol–water partition coefficient (Wildman–Crippen LogP) is 6.12. The number of nitrogens with one attached hydrogen (secondary N) is 1. The van der Waals surface area contributed by atoms with E-state index in [0.29, 0.717) is 13.2 Å². The lowest BCUT2D eigenvalue weighted by atomic mass is 9.77. The Bertz CT molecular complexity index is 1050. The molecular formula is C26H21IN2O. The lowest BCUT2D eigenvalue weighted by Crippen LogP contribution is -2.38. The van der Waals surface area contributed by atoms with Crippen LogP contribution in [0.5, 0.6) is 0 Å². The monoisotopic (exact) mass is 504 g/mol. The topological polar surface area (TPSA) is 34.2 Å². The summed E-state index contributed by atoms with van der Waals surface area (Å²) >= 11 is 2.34. The number of halogens is 1. The van der Waals surface area contributed by atoms with Crippen LogP contribution in [0.1, 0.15) is 27.8 Å². The molecule has 4 heteroatoms. The van der Waals surface area contributed by atoms with Crippen molar-refractivity contribution >= 4 is 28.4 Å². The van der Waals surface area contributed by atoms with Gasteiger partial charge in [-0.15, -0.1) is 0 Å². The molecule has 1 aliphatic rings. The second kappa shape index (κ2) is 8.20. The number of anilines is 1. The first kappa shape index (κ1) is 19.3. The molecule has 0 fully saturated rings. The molecule has 0 atom stereocenters. The lowest BCUT2D eigenvalue weighted by Gasteiger charge is -2.38. The number of nitrogens with zero attached hydrogens (tertiary/aromatic N) is 1. The number of hydrogen-bond donors (Lipinski definition) is 1. The van der Waals surface area contributed by atoms with E-state index >= 15 is 0 Å². The Kier molecular flexibility index (Phi) is 5.27. The lowest BCUT2D eigenvalue weighted by molar-refractivity contribution is 0.134. The Balaban J connectivity index is 1.78. The zero-order chi connectivity index (χ0) is 20.4. The van der Waals surface area contributed by atoms with Crippen LogP contribution in [0.4, 0.5) is 5.82 Å². The maximum Gasteiger partial charge on any atom is 0.133 e. The van der Waals surface area contributed by atoms with Gasteiger partial charge in [0.15, 0.2) is 0 Å². The molecule has 1 aliphatic heterocycles. The average Bonchev–Trinajstić information content (AvgIpc) is 3.32. The number of benzene rings is 3. The molecule has 0 saturated carbocycles. The molecule has 0 aliphatic carbocycles. The fraction of sp³-hybridized carbons (Fsp3) is 0.115. The van der Waals surface area contributed by atoms with Gasteiger partial charge in [-0.2, -0.15) is 0 Å². The second-order valence-corrected chi connectivity index (χ2v) is 8.54. The standard InChI is InChI=1S/C26H21IN2O/c27-24-16-28-25(23-18-30-17-22(23)24)29-26(19-10-4-1-5-11-19,20-12-6-2-7-13-20)21-14-8-3-9-15-21/h1-16H,17-18H2,(H,28,29). The van der Waals surface area contributed by atoms with Crippen molar-refractivity contribution in [2.24, 2.45) is 0 Å². The van der Waals surface area contributed by atoms with Crippen molar-refractivity contribution in [2.75, 3.05) is 5.32 Å². The quantitative estimate of drug-likeness (QED) is 0.263. The van der Waals surface area contributed by atoms with Gasteiger partial charge < -0.3 is 10.1 Å². The summed E-state index contributed by atoms with van der Waals surface area (Å²) in [6.45, 7) is 1.22. The number of rotatable bonds is 5. The van der Waals surface area contributed by atoms with Crippen molar-refractivity contribution in [3.63, 3.8) is 0 Å². The Labute approximate surface area is 190 Å². The van der Waals surface area contributed by atoms with Crippen LogP contribution in [0.2, 0.25) is 0 Å². The highest BCUT2D eigenvalue weighted by Crippen LogP contribution is 2.41. The van der Waals surface area contributed by atoms with Crippen LogP contribution in [0.25, 0.3) is 0 Å². The fourth-order valence-electron chi connectivity index (χ4n) is 4.20. The molecule has 0 saturated heterocycles. The summed E-state index contributed by atoms with van der Waals surface area (Å²) < 4.78 is 6.93. The van der Waals surface area contributed by atoms with E-state index in [1.54, 1.807) is 0 Å². The summed E-state index contributed by atoms with van der Waals surface area (Å²) in [5.74, 6) is 0.875. The van der Waals surface area contributed by atoms with Crippen molar-refractivity contribution in [2.45, 2.75) is 18.8 Å². The third-order valence-corrected chi connectivity index (χ3v) is 6.59. The SMILES string of the molecule is Ic1cnc(NC(c2ccccc2)(c2ccccc2)c2ccccc2)c2c1COC2. The first-order valence-electron chi connectivity index (χ1n) is 9.98. The average molecular weight is 504 g/mol. The molecule has 1 aromatic heterocycles. The number of hydrogen-bond acceptors (Lipinski definition) is 3. The Morgan fingerprint density at radius 1 is 0.700 bits per heavy atom. The molecule has 0 bridgehead atoms. The molecule has 5 rings (SSSR count). The van der Waals surface area contributed by atoms with Crippen LogP contribution in [0.15, 0.2) is 97.2 Å². The van der Waals surface area contributed by atoms with Gasteiger partial charge in [-0.25, -0.2) is 4.98 Å². The van der Waals surface area contributed by atoms with Crippen molar-refractivity contribution in [1.82, 2.24) is 4.98 Å². The molecule has 1 N–H and O–H groups in total. The molecule has 2 heterocycles. The maximum atomic E-state index is 5.78. The highest BCUT2D eigenvalue weighted by molar-refractivity contribution is 14.1. The van der Waals surface area contributed by atoms with Gasteiger partial charge in [0.2, 0.25) is 0 Å². The number of aromatic nitrogens is 1. The molecular weight excluding hydrogens is 483 g/mol. The van der Waals surface area contributed by atoms with Crippen LogP contribution >= 0.6 is 22.6 Å². The van der Waals surface area contributed by atoms with Crippen LogP contribution in [-0.2, 0) is 23.5 Å². The van der Waals surface area contributed by atoms with Crippen molar-refractivity contribution in [1.29, 1.82) is 0 Å². The van der Waals surface area contributed by atoms with Gasteiger partial charge in [-0.05, 0) is 39.3 Å². The summed E-state index contributed by atoms with van der Waals surface area (Å²) in [5.41, 5.74) is 5.28. The van der Waals surface area contributed by atoms with Gasteiger partial charge in [0, 0.05) is 20.9 Å². The largest absolute Gasteiger partial charge is 0.372 e. The molecule has 3 aromatic carbocycles. The minimum Gasteiger partial charge on any atom is -0.372 e. The van der Waals surface area contributed by atoms with E-state index in [1.165, 1.54) is 5.56 Å². The highest BCUT2D eigenvalue weighted by atomic mass is 127. The normalized spacial score (nSPS) is 13.1. The van der Waals surface area contributed by atoms with Gasteiger partial charge in [-0.3, -0.25) is 0 Å². The smallest absolute Gasteiger partial charge is 0.133 e. The summed E-state index contributed by atoms with van der Waals surface area (Å²) in [7, 11) is 0. The minimum atomic E-state index is -0.583. The molecule has 3 nitrogen and oxygen atoms in total. The summed E-state index contributed by atoms with van der Waals surface area (Å²) in [6.07, 6.45) is 1.93. The summed E-state index contributed by atoms with van der Waals surface area (Å²) in [6, 6.07) is 31.8. The number of pyridine rings is 1. The van der Waals surface area contributed by atoms with Gasteiger partial charge in [0.25, 0.3) is 0 Å². The Morgan fingerprint density at radius 2 is 1.17 bits per heavy atom. The number of ether oxygens (including phenoxy) is 1. The van der Waals surface area contributed by atoms with Crippen LogP contribution in [0.3, 0.4) is 0 Å². The first-order valence-corrected chi connectivity index (χ1v) is 11.1. The van der Waals surface area contributed by atoms with Crippen LogP contribution in [-0.4, -0.2) is 4.98 Å². The van der Waals surface area contributed by atoms with E-state index in [2.05, 4.69) is 119 Å². The maximum absolute atomic E-state index is 5.78. The Hall–Kier alpha value is -2.70. The van der Waals surface area contributed by atoms with E-state index in [1.807, 2.05) is 6.20 Å². The van der Waals surface area contributed by atoms with Gasteiger partial charge >= 0.3 is 0 Å². The second-order valence-electron chi connectivity index (χ2n) is 7.38. The van der Waals surface area contributed by atoms with Crippen molar-refractivity contribution in [3.05, 3.63) is 129 Å². The minimum absolute atomic E-state index is 0.579. The molecule has 30 heavy (non-hydrogen) atoms. The predicted molar refractivity (Wildman–Crippen MR) is 128 cm³/mol. The van der Waals surface area contributed by atoms with Crippen molar-refractivity contribution < 1.29 is 4.74 Å². The van der Waals surface area contributed by atoms with Crippen LogP contribution in [0, 0.1) is 3.57 Å². The van der Waals surface area contributed by atoms with Crippen LogP contribution < -0.4 is 5.32 Å². The van der Waals surface area contributed by atoms with Gasteiger partial charge in [0.05, 0.1) is 13.2 Å². The molecule has 148 valence electrons. The number of fused-ring (bicyclic) bond motifs is 1. The van der Waals surface area contributed by atoms with E-state index in [9.17, 15) is 0 Å². The third kappa shape index (κ3) is 3.30. The zero-order valence-corrected chi connectivity index (χ0v) is 18.5. The van der Waals surface area contributed by atoms with Gasteiger partial charge in [-0.1, -0.05) is 91.0 Å². The molecule has 0 spiro atoms. The van der Waals surface area contributed by atoms with Crippen molar-refractivity contribution in [3.8, 4) is 0 Å². The van der Waals surface area contributed by atoms with E-state index in [-0.39, 0.29) is 0 Å². The fourth-order valence-corrected chi connectivity index (χ4v) is 4.82. The van der Waals surface area contributed by atoms with E-state index in [0.717, 1.165) is 31.6 Å². The third-order valence-electron chi connectivity index (χ3n) is 5.66. The molecule has 4 aromatic rings. The highest BCUT2D eigenvalue weighted by Gasteiger charge is 2.38. The van der Waals surface area contributed by atoms with E-state index < -0.39 is 5.54 Å².